The summed E-state index contributed by atoms with van der Waals surface area (Å²) in [7, 11) is 0. The van der Waals surface area contributed by atoms with E-state index >= 15 is 0 Å². The smallest absolute Gasteiger partial charge is 0.325 e. The fourth-order valence-electron chi connectivity index (χ4n) is 2.23. The summed E-state index contributed by atoms with van der Waals surface area (Å²) in [4.78, 5) is 12.8. The number of carboxylic acid groups (broad SMARTS) is 1. The number of rotatable bonds is 3. The van der Waals surface area contributed by atoms with E-state index in [1.54, 1.807) is 4.90 Å². The molecular weight excluding hydrogens is 228 g/mol. The molecule has 1 aromatic rings. The average molecular weight is 241 g/mol. The number of halogens is 2. The molecule has 1 heterocycles. The number of likely N-dealkylation sites (tertiary alicyclic amines) is 1. The SMILES string of the molecule is O=C(O)C(c1c(F)cccc1F)N1CCCC1. The van der Waals surface area contributed by atoms with Crippen LogP contribution in [0.25, 0.3) is 0 Å². The molecule has 92 valence electrons. The van der Waals surface area contributed by atoms with Gasteiger partial charge in [-0.3, -0.25) is 9.69 Å². The average Bonchev–Trinajstić information content (AvgIpc) is 2.76. The molecule has 1 aromatic carbocycles. The van der Waals surface area contributed by atoms with E-state index in [0.29, 0.717) is 13.1 Å². The van der Waals surface area contributed by atoms with Gasteiger partial charge >= 0.3 is 5.97 Å². The summed E-state index contributed by atoms with van der Waals surface area (Å²) < 4.78 is 27.2. The Morgan fingerprint density at radius 3 is 2.24 bits per heavy atom. The Labute approximate surface area is 97.7 Å². The maximum absolute atomic E-state index is 13.6. The number of hydrogen-bond donors (Lipinski definition) is 1. The first-order valence-corrected chi connectivity index (χ1v) is 5.52. The summed E-state index contributed by atoms with van der Waals surface area (Å²) in [5.74, 6) is -2.82. The monoisotopic (exact) mass is 241 g/mol. The molecule has 0 saturated carbocycles. The van der Waals surface area contributed by atoms with Gasteiger partial charge in [-0.2, -0.15) is 0 Å². The van der Waals surface area contributed by atoms with Crippen LogP contribution in [0.3, 0.4) is 0 Å². The maximum Gasteiger partial charge on any atom is 0.325 e. The Balaban J connectivity index is 2.42. The van der Waals surface area contributed by atoms with Gasteiger partial charge in [-0.05, 0) is 38.1 Å². The van der Waals surface area contributed by atoms with Crippen LogP contribution < -0.4 is 0 Å². The molecule has 2 rings (SSSR count). The molecule has 0 bridgehead atoms. The Hall–Kier alpha value is -1.49. The van der Waals surface area contributed by atoms with Gasteiger partial charge in [-0.15, -0.1) is 0 Å². The van der Waals surface area contributed by atoms with Crippen molar-refractivity contribution in [3.63, 3.8) is 0 Å². The summed E-state index contributed by atoms with van der Waals surface area (Å²) in [5.41, 5.74) is -0.359. The topological polar surface area (TPSA) is 40.5 Å². The van der Waals surface area contributed by atoms with Crippen LogP contribution in [0.4, 0.5) is 8.78 Å². The lowest BCUT2D eigenvalue weighted by Gasteiger charge is -2.24. The first-order chi connectivity index (χ1) is 8.11. The highest BCUT2D eigenvalue weighted by Crippen LogP contribution is 2.29. The minimum atomic E-state index is -1.22. The van der Waals surface area contributed by atoms with E-state index in [9.17, 15) is 13.6 Å². The van der Waals surface area contributed by atoms with Gasteiger partial charge in [-0.1, -0.05) is 6.07 Å². The molecule has 1 aliphatic heterocycles. The van der Waals surface area contributed by atoms with Crippen molar-refractivity contribution in [3.05, 3.63) is 35.4 Å². The molecule has 0 aromatic heterocycles. The highest BCUT2D eigenvalue weighted by atomic mass is 19.1. The second kappa shape index (κ2) is 4.79. The lowest BCUT2D eigenvalue weighted by molar-refractivity contribution is -0.143. The minimum Gasteiger partial charge on any atom is -0.480 e. The number of carboxylic acids is 1. The molecule has 1 saturated heterocycles. The van der Waals surface area contributed by atoms with Crippen LogP contribution in [0.5, 0.6) is 0 Å². The van der Waals surface area contributed by atoms with Crippen LogP contribution in [0.2, 0.25) is 0 Å². The number of aliphatic carboxylic acids is 1. The highest BCUT2D eigenvalue weighted by Gasteiger charge is 2.33. The first kappa shape index (κ1) is 12.0. The third-order valence-corrected chi connectivity index (χ3v) is 3.01. The molecule has 17 heavy (non-hydrogen) atoms. The third-order valence-electron chi connectivity index (χ3n) is 3.01. The molecule has 1 atom stereocenters. The molecule has 0 radical (unpaired) electrons. The van der Waals surface area contributed by atoms with Crippen molar-refractivity contribution in [2.75, 3.05) is 13.1 Å². The van der Waals surface area contributed by atoms with E-state index < -0.39 is 23.6 Å². The summed E-state index contributed by atoms with van der Waals surface area (Å²) in [6.45, 7) is 1.12. The number of carbonyl (C=O) groups is 1. The summed E-state index contributed by atoms with van der Waals surface area (Å²) in [5, 5.41) is 9.16. The lowest BCUT2D eigenvalue weighted by atomic mass is 10.0. The van der Waals surface area contributed by atoms with Crippen LogP contribution in [-0.4, -0.2) is 29.1 Å². The van der Waals surface area contributed by atoms with Gasteiger partial charge in [0.15, 0.2) is 0 Å². The van der Waals surface area contributed by atoms with Crippen molar-refractivity contribution in [1.82, 2.24) is 4.90 Å². The fourth-order valence-corrected chi connectivity index (χ4v) is 2.23. The van der Waals surface area contributed by atoms with E-state index in [0.717, 1.165) is 25.0 Å². The minimum absolute atomic E-state index is 0.359. The zero-order chi connectivity index (χ0) is 12.4. The van der Waals surface area contributed by atoms with Crippen LogP contribution >= 0.6 is 0 Å². The molecule has 0 aliphatic carbocycles. The third kappa shape index (κ3) is 2.29. The Bertz CT molecular complexity index is 410. The van der Waals surface area contributed by atoms with Gasteiger partial charge in [-0.25, -0.2) is 8.78 Å². The van der Waals surface area contributed by atoms with Crippen molar-refractivity contribution in [2.45, 2.75) is 18.9 Å². The predicted octanol–water partition coefficient (Wildman–Crippen LogP) is 2.19. The van der Waals surface area contributed by atoms with Crippen LogP contribution in [0.15, 0.2) is 18.2 Å². The van der Waals surface area contributed by atoms with Crippen molar-refractivity contribution < 1.29 is 18.7 Å². The van der Waals surface area contributed by atoms with Crippen molar-refractivity contribution in [2.24, 2.45) is 0 Å². The molecule has 3 nitrogen and oxygen atoms in total. The van der Waals surface area contributed by atoms with E-state index in [1.165, 1.54) is 6.07 Å². The normalized spacial score (nSPS) is 18.2. The standard InChI is InChI=1S/C12H13F2NO2/c13-8-4-3-5-9(14)10(8)11(12(16)17)15-6-1-2-7-15/h3-5,11H,1-2,6-7H2,(H,16,17). The predicted molar refractivity (Wildman–Crippen MR) is 57.5 cm³/mol. The van der Waals surface area contributed by atoms with Crippen LogP contribution in [0, 0.1) is 11.6 Å². The first-order valence-electron chi connectivity index (χ1n) is 5.52. The van der Waals surface area contributed by atoms with Gasteiger partial charge in [0.2, 0.25) is 0 Å². The molecule has 5 heteroatoms. The quantitative estimate of drug-likeness (QED) is 0.881. The zero-order valence-electron chi connectivity index (χ0n) is 9.20. The summed E-state index contributed by atoms with van der Waals surface area (Å²) in [6, 6.07) is 2.19. The van der Waals surface area contributed by atoms with Gasteiger partial charge < -0.3 is 5.11 Å². The molecular formula is C12H13F2NO2. The highest BCUT2D eigenvalue weighted by molar-refractivity contribution is 5.75. The van der Waals surface area contributed by atoms with Gasteiger partial charge in [0, 0.05) is 0 Å². The molecule has 1 aliphatic rings. The van der Waals surface area contributed by atoms with E-state index in [4.69, 9.17) is 5.11 Å². The fraction of sp³-hybridized carbons (Fsp3) is 0.417. The Kier molecular flexibility index (Phi) is 3.38. The molecule has 1 fully saturated rings. The van der Waals surface area contributed by atoms with Crippen molar-refractivity contribution >= 4 is 5.97 Å². The van der Waals surface area contributed by atoms with Crippen molar-refractivity contribution in [1.29, 1.82) is 0 Å². The lowest BCUT2D eigenvalue weighted by Crippen LogP contribution is -2.33. The number of benzene rings is 1. The van der Waals surface area contributed by atoms with Gasteiger partial charge in [0.05, 0.1) is 5.56 Å². The van der Waals surface area contributed by atoms with E-state index in [-0.39, 0.29) is 5.56 Å². The second-order valence-electron chi connectivity index (χ2n) is 4.12. The van der Waals surface area contributed by atoms with E-state index in [2.05, 4.69) is 0 Å². The number of nitrogens with zero attached hydrogens (tertiary/aromatic N) is 1. The molecule has 1 unspecified atom stereocenters. The van der Waals surface area contributed by atoms with Crippen molar-refractivity contribution in [3.8, 4) is 0 Å². The van der Waals surface area contributed by atoms with E-state index in [1.807, 2.05) is 0 Å². The second-order valence-corrected chi connectivity index (χ2v) is 4.12. The van der Waals surface area contributed by atoms with Crippen LogP contribution in [-0.2, 0) is 4.79 Å². The largest absolute Gasteiger partial charge is 0.480 e. The van der Waals surface area contributed by atoms with Crippen LogP contribution in [0.1, 0.15) is 24.4 Å². The summed E-state index contributed by atoms with van der Waals surface area (Å²) in [6.07, 6.45) is 1.72. The zero-order valence-corrected chi connectivity index (χ0v) is 9.20. The number of hydrogen-bond acceptors (Lipinski definition) is 2. The molecule has 1 N–H and O–H groups in total. The molecule has 0 amide bonds. The Morgan fingerprint density at radius 1 is 1.24 bits per heavy atom. The molecule has 0 spiro atoms. The summed E-state index contributed by atoms with van der Waals surface area (Å²) >= 11 is 0. The Morgan fingerprint density at radius 2 is 1.76 bits per heavy atom. The van der Waals surface area contributed by atoms with Gasteiger partial charge in [0.25, 0.3) is 0 Å². The van der Waals surface area contributed by atoms with Gasteiger partial charge in [0.1, 0.15) is 17.7 Å². The maximum atomic E-state index is 13.6.